The zero-order valence-corrected chi connectivity index (χ0v) is 19.2. The lowest BCUT2D eigenvalue weighted by atomic mass is 9.97. The monoisotopic (exact) mass is 446 g/mol. The van der Waals surface area contributed by atoms with Crippen LogP contribution in [-0.2, 0) is 11.2 Å². The van der Waals surface area contributed by atoms with Crippen LogP contribution in [0.5, 0.6) is 11.5 Å². The average molecular weight is 447 g/mol. The van der Waals surface area contributed by atoms with Crippen molar-refractivity contribution in [2.45, 2.75) is 19.3 Å². The number of methoxy groups -OCH3 is 2. The van der Waals surface area contributed by atoms with E-state index in [9.17, 15) is 4.79 Å². The smallest absolute Gasteiger partial charge is 0.224 e. The fourth-order valence-electron chi connectivity index (χ4n) is 4.27. The zero-order valence-electron chi connectivity index (χ0n) is 19.2. The molecule has 1 unspecified atom stereocenters. The van der Waals surface area contributed by atoms with Crippen molar-refractivity contribution in [2.24, 2.45) is 5.92 Å². The van der Waals surface area contributed by atoms with Crippen LogP contribution in [0.25, 0.3) is 11.3 Å². The van der Waals surface area contributed by atoms with Crippen LogP contribution in [0.3, 0.4) is 0 Å². The van der Waals surface area contributed by atoms with Gasteiger partial charge < -0.3 is 19.7 Å². The van der Waals surface area contributed by atoms with E-state index in [2.05, 4.69) is 20.4 Å². The van der Waals surface area contributed by atoms with Crippen molar-refractivity contribution < 1.29 is 14.3 Å². The Bertz CT molecular complexity index is 1070. The van der Waals surface area contributed by atoms with Gasteiger partial charge in [0.2, 0.25) is 5.91 Å². The number of carbonyl (C=O) groups is 1. The van der Waals surface area contributed by atoms with E-state index in [-0.39, 0.29) is 11.8 Å². The summed E-state index contributed by atoms with van der Waals surface area (Å²) in [7, 11) is 3.32. The molecule has 0 bridgehead atoms. The molecule has 0 spiro atoms. The Kier molecular flexibility index (Phi) is 7.40. The van der Waals surface area contributed by atoms with E-state index < -0.39 is 0 Å². The highest BCUT2D eigenvalue weighted by molar-refractivity contribution is 5.79. The second kappa shape index (κ2) is 10.8. The summed E-state index contributed by atoms with van der Waals surface area (Å²) < 4.78 is 10.8. The number of hydrogen-bond donors (Lipinski definition) is 1. The van der Waals surface area contributed by atoms with Crippen molar-refractivity contribution in [1.29, 1.82) is 0 Å². The first kappa shape index (κ1) is 22.6. The number of hydrogen-bond acceptors (Lipinski definition) is 6. The zero-order chi connectivity index (χ0) is 23.0. The molecule has 1 amide bonds. The molecule has 33 heavy (non-hydrogen) atoms. The third-order valence-corrected chi connectivity index (χ3v) is 6.04. The minimum atomic E-state index is -0.0629. The molecule has 1 saturated heterocycles. The second-order valence-corrected chi connectivity index (χ2v) is 8.12. The third kappa shape index (κ3) is 5.42. The van der Waals surface area contributed by atoms with Crippen molar-refractivity contribution in [1.82, 2.24) is 15.5 Å². The van der Waals surface area contributed by atoms with Crippen molar-refractivity contribution in [3.05, 3.63) is 66.2 Å². The van der Waals surface area contributed by atoms with Crippen LogP contribution in [0.1, 0.15) is 18.4 Å². The molecule has 7 heteroatoms. The highest BCUT2D eigenvalue weighted by Crippen LogP contribution is 2.29. The summed E-state index contributed by atoms with van der Waals surface area (Å²) in [5.74, 6) is 2.44. The molecule has 1 N–H and O–H groups in total. The predicted octanol–water partition coefficient (Wildman–Crippen LogP) is 3.74. The summed E-state index contributed by atoms with van der Waals surface area (Å²) in [6, 6.07) is 19.6. The molecule has 2 aromatic carbocycles. The fraction of sp³-hybridized carbons (Fsp3) is 0.346. The van der Waals surface area contributed by atoms with E-state index in [1.54, 1.807) is 14.2 Å². The molecule has 3 aromatic rings. The number of nitrogens with one attached hydrogen (secondary N) is 1. The fourth-order valence-corrected chi connectivity index (χ4v) is 4.27. The minimum absolute atomic E-state index is 0.0629. The highest BCUT2D eigenvalue weighted by atomic mass is 16.5. The van der Waals surface area contributed by atoms with Crippen molar-refractivity contribution >= 4 is 11.7 Å². The number of benzene rings is 2. The predicted molar refractivity (Wildman–Crippen MR) is 129 cm³/mol. The lowest BCUT2D eigenvalue weighted by Gasteiger charge is -2.32. The largest absolute Gasteiger partial charge is 0.496 e. The van der Waals surface area contributed by atoms with E-state index in [0.717, 1.165) is 59.9 Å². The molecule has 1 atom stereocenters. The lowest BCUT2D eigenvalue weighted by molar-refractivity contribution is -0.125. The molecule has 7 nitrogen and oxygen atoms in total. The summed E-state index contributed by atoms with van der Waals surface area (Å²) in [4.78, 5) is 15.0. The number of para-hydroxylation sites is 2. The Morgan fingerprint density at radius 1 is 1.00 bits per heavy atom. The molecule has 0 aliphatic carbocycles. The molecule has 1 fully saturated rings. The van der Waals surface area contributed by atoms with Gasteiger partial charge in [0, 0.05) is 25.2 Å². The van der Waals surface area contributed by atoms with Gasteiger partial charge in [-0.05, 0) is 55.2 Å². The van der Waals surface area contributed by atoms with E-state index in [1.807, 2.05) is 60.7 Å². The van der Waals surface area contributed by atoms with Gasteiger partial charge in [0.25, 0.3) is 0 Å². The van der Waals surface area contributed by atoms with Gasteiger partial charge in [0.1, 0.15) is 11.5 Å². The first-order valence-corrected chi connectivity index (χ1v) is 11.3. The summed E-state index contributed by atoms with van der Waals surface area (Å²) in [5.41, 5.74) is 2.76. The molecular formula is C26H30N4O3. The molecule has 1 aromatic heterocycles. The molecule has 172 valence electrons. The number of aromatic nitrogens is 2. The van der Waals surface area contributed by atoms with Crippen LogP contribution >= 0.6 is 0 Å². The maximum absolute atomic E-state index is 12.8. The second-order valence-electron chi connectivity index (χ2n) is 8.12. The number of piperidine rings is 1. The first-order valence-electron chi connectivity index (χ1n) is 11.3. The Balaban J connectivity index is 1.34. The van der Waals surface area contributed by atoms with Gasteiger partial charge in [0.15, 0.2) is 5.82 Å². The number of nitrogens with zero attached hydrogens (tertiary/aromatic N) is 3. The summed E-state index contributed by atoms with van der Waals surface area (Å²) in [5, 5.41) is 12.0. The van der Waals surface area contributed by atoms with E-state index in [1.165, 1.54) is 0 Å². The Labute approximate surface area is 194 Å². The SMILES string of the molecule is COc1ccccc1CCNC(=O)C1CCCN(c2ccc(-c3ccccc3OC)nn2)C1. The average Bonchev–Trinajstić information content (AvgIpc) is 2.89. The Morgan fingerprint density at radius 2 is 1.76 bits per heavy atom. The van der Waals surface area contributed by atoms with Gasteiger partial charge in [-0.25, -0.2) is 0 Å². The molecule has 1 aliphatic heterocycles. The lowest BCUT2D eigenvalue weighted by Crippen LogP contribution is -2.43. The van der Waals surface area contributed by atoms with E-state index >= 15 is 0 Å². The number of ether oxygens (including phenoxy) is 2. The number of anilines is 1. The van der Waals surface area contributed by atoms with Crippen LogP contribution in [0.15, 0.2) is 60.7 Å². The first-order chi connectivity index (χ1) is 16.2. The van der Waals surface area contributed by atoms with Gasteiger partial charge in [-0.1, -0.05) is 30.3 Å². The van der Waals surface area contributed by atoms with Gasteiger partial charge >= 0.3 is 0 Å². The summed E-state index contributed by atoms with van der Waals surface area (Å²) >= 11 is 0. The standard InChI is InChI=1S/C26H30N4O3/c1-32-23-11-5-3-8-19(23)15-16-27-26(31)20-9-7-17-30(18-20)25-14-13-22(28-29-25)21-10-4-6-12-24(21)33-2/h3-6,8,10-14,20H,7,9,15-18H2,1-2H3,(H,27,31). The summed E-state index contributed by atoms with van der Waals surface area (Å²) in [6.07, 6.45) is 2.56. The van der Waals surface area contributed by atoms with Crippen molar-refractivity contribution in [3.8, 4) is 22.8 Å². The van der Waals surface area contributed by atoms with Crippen LogP contribution in [0, 0.1) is 5.92 Å². The quantitative estimate of drug-likeness (QED) is 0.568. The summed E-state index contributed by atoms with van der Waals surface area (Å²) in [6.45, 7) is 2.10. The van der Waals surface area contributed by atoms with Gasteiger partial charge in [-0.3, -0.25) is 4.79 Å². The molecule has 1 aliphatic rings. The molecule has 0 radical (unpaired) electrons. The Morgan fingerprint density at radius 3 is 2.52 bits per heavy atom. The number of amides is 1. The van der Waals surface area contributed by atoms with Crippen LogP contribution in [0.4, 0.5) is 5.82 Å². The van der Waals surface area contributed by atoms with Crippen LogP contribution in [0.2, 0.25) is 0 Å². The van der Waals surface area contributed by atoms with Gasteiger partial charge in [-0.2, -0.15) is 0 Å². The normalized spacial score (nSPS) is 15.7. The molecule has 4 rings (SSSR count). The maximum Gasteiger partial charge on any atom is 0.224 e. The van der Waals surface area contributed by atoms with Crippen molar-refractivity contribution in [3.63, 3.8) is 0 Å². The highest BCUT2D eigenvalue weighted by Gasteiger charge is 2.26. The van der Waals surface area contributed by atoms with Crippen LogP contribution < -0.4 is 19.7 Å². The Hall–Kier alpha value is -3.61. The van der Waals surface area contributed by atoms with Crippen molar-refractivity contribution in [2.75, 3.05) is 38.8 Å². The van der Waals surface area contributed by atoms with E-state index in [0.29, 0.717) is 13.1 Å². The van der Waals surface area contributed by atoms with Gasteiger partial charge in [-0.15, -0.1) is 10.2 Å². The molecule has 0 saturated carbocycles. The maximum atomic E-state index is 12.8. The molecular weight excluding hydrogens is 416 g/mol. The number of rotatable bonds is 8. The van der Waals surface area contributed by atoms with E-state index in [4.69, 9.17) is 9.47 Å². The number of carbonyl (C=O) groups excluding carboxylic acids is 1. The third-order valence-electron chi connectivity index (χ3n) is 6.04. The molecule has 2 heterocycles. The van der Waals surface area contributed by atoms with Crippen LogP contribution in [-0.4, -0.2) is 50.0 Å². The topological polar surface area (TPSA) is 76.6 Å². The van der Waals surface area contributed by atoms with Gasteiger partial charge in [0.05, 0.1) is 25.8 Å². The minimum Gasteiger partial charge on any atom is -0.496 e.